The third-order valence-corrected chi connectivity index (χ3v) is 13.6. The van der Waals surface area contributed by atoms with Gasteiger partial charge in [-0.25, -0.2) is 13.6 Å². The lowest BCUT2D eigenvalue weighted by Gasteiger charge is -2.32. The van der Waals surface area contributed by atoms with E-state index in [1.165, 1.54) is 19.2 Å². The predicted molar refractivity (Wildman–Crippen MR) is 243 cm³/mol. The molecule has 0 saturated heterocycles. The molecule has 0 spiro atoms. The standard InChI is InChI=1S/C26H27FN2O3.C24H23Cl2FN2O/c1-16(25(30)29-21-5-3-4-19(14-21)26(31)32-2)17-6-8-18(9-7-17)22-12-13-28-24-11-10-20(27)15-23(22)24;1-14(24(30)29-18-7-8-21(25)22(26)13-18)15-2-4-16(5-3-15)19-10-11-28-23-9-6-17(27)12-20(19)23/h3-5,10-18H,6-9H2,1-2H3,(H,29,30);6-16H,2-5H2,1H3,(H,29,30). The molecule has 6 aromatic rings. The van der Waals surface area contributed by atoms with Crippen molar-refractivity contribution in [1.82, 2.24) is 9.97 Å². The monoisotopic (exact) mass is 878 g/mol. The number of rotatable bonds is 9. The number of anilines is 2. The van der Waals surface area contributed by atoms with Crippen LogP contribution in [0.1, 0.15) is 98.5 Å². The maximum Gasteiger partial charge on any atom is 0.337 e. The molecule has 0 bridgehead atoms. The zero-order chi connectivity index (χ0) is 43.9. The Morgan fingerprint density at radius 2 is 1.10 bits per heavy atom. The van der Waals surface area contributed by atoms with Crippen LogP contribution in [0.25, 0.3) is 21.8 Å². The maximum absolute atomic E-state index is 13.8. The van der Waals surface area contributed by atoms with E-state index in [9.17, 15) is 23.2 Å². The minimum Gasteiger partial charge on any atom is -0.465 e. The number of hydrogen-bond acceptors (Lipinski definition) is 6. The van der Waals surface area contributed by atoms with Gasteiger partial charge in [0.15, 0.2) is 0 Å². The number of nitrogens with one attached hydrogen (secondary N) is 2. The van der Waals surface area contributed by atoms with E-state index in [1.54, 1.807) is 79.1 Å². The number of amides is 2. The van der Waals surface area contributed by atoms with Crippen molar-refractivity contribution >= 4 is 74.2 Å². The summed E-state index contributed by atoms with van der Waals surface area (Å²) in [6, 6.07) is 25.4. The molecule has 0 aliphatic heterocycles. The van der Waals surface area contributed by atoms with E-state index in [0.29, 0.717) is 44.7 Å². The van der Waals surface area contributed by atoms with Crippen molar-refractivity contribution < 1.29 is 27.9 Å². The van der Waals surface area contributed by atoms with Crippen molar-refractivity contribution in [3.05, 3.63) is 142 Å². The molecule has 2 aromatic heterocycles. The summed E-state index contributed by atoms with van der Waals surface area (Å²) < 4.78 is 32.3. The molecular formula is C50H50Cl2F2N4O4. The molecule has 2 amide bonds. The average molecular weight is 880 g/mol. The summed E-state index contributed by atoms with van der Waals surface area (Å²) in [6.07, 6.45) is 11.2. The molecule has 8 nitrogen and oxygen atoms in total. The van der Waals surface area contributed by atoms with Crippen molar-refractivity contribution in [2.24, 2.45) is 23.7 Å². The summed E-state index contributed by atoms with van der Waals surface area (Å²) in [5, 5.41) is 8.54. The predicted octanol–water partition coefficient (Wildman–Crippen LogP) is 12.9. The molecule has 12 heteroatoms. The third-order valence-electron chi connectivity index (χ3n) is 12.9. The Morgan fingerprint density at radius 1 is 0.613 bits per heavy atom. The minimum absolute atomic E-state index is 0.00623. The number of carbonyl (C=O) groups excluding carboxylic acids is 3. The SMILES string of the molecule is CC(C(=O)Nc1ccc(Cl)c(Cl)c1)C1CCC(c2ccnc3ccc(F)cc23)CC1.COC(=O)c1cccc(NC(=O)C(C)C2CCC(c3ccnc4ccc(F)cc34)CC2)c1. The van der Waals surface area contributed by atoms with Crippen molar-refractivity contribution in [3.63, 3.8) is 0 Å². The van der Waals surface area contributed by atoms with Crippen LogP contribution in [-0.2, 0) is 14.3 Å². The highest BCUT2D eigenvalue weighted by atomic mass is 35.5. The maximum atomic E-state index is 13.8. The van der Waals surface area contributed by atoms with Crippen molar-refractivity contribution in [2.75, 3.05) is 17.7 Å². The zero-order valence-corrected chi connectivity index (χ0v) is 36.5. The van der Waals surface area contributed by atoms with E-state index < -0.39 is 5.97 Å². The molecule has 2 heterocycles. The number of methoxy groups -OCH3 is 1. The van der Waals surface area contributed by atoms with E-state index in [1.807, 2.05) is 26.0 Å². The molecule has 322 valence electrons. The van der Waals surface area contributed by atoms with Crippen LogP contribution in [0.15, 0.2) is 103 Å². The number of pyridine rings is 2. The van der Waals surface area contributed by atoms with Gasteiger partial charge in [0.25, 0.3) is 0 Å². The van der Waals surface area contributed by atoms with Crippen LogP contribution >= 0.6 is 23.2 Å². The highest BCUT2D eigenvalue weighted by molar-refractivity contribution is 6.42. The number of fused-ring (bicyclic) bond motifs is 2. The number of carbonyl (C=O) groups is 3. The first-order chi connectivity index (χ1) is 29.9. The summed E-state index contributed by atoms with van der Waals surface area (Å²) in [7, 11) is 1.33. The van der Waals surface area contributed by atoms with Crippen LogP contribution in [-0.4, -0.2) is 34.9 Å². The van der Waals surface area contributed by atoms with Crippen molar-refractivity contribution in [1.29, 1.82) is 0 Å². The van der Waals surface area contributed by atoms with Crippen molar-refractivity contribution in [3.8, 4) is 0 Å². The molecule has 8 rings (SSSR count). The third kappa shape index (κ3) is 10.6. The Labute approximate surface area is 370 Å². The normalized spacial score (nSPS) is 19.7. The average Bonchev–Trinajstić information content (AvgIpc) is 3.29. The van der Waals surface area contributed by atoms with Gasteiger partial charge in [-0.1, -0.05) is 43.1 Å². The number of halogens is 4. The van der Waals surface area contributed by atoms with Gasteiger partial charge in [-0.3, -0.25) is 19.6 Å². The summed E-state index contributed by atoms with van der Waals surface area (Å²) in [4.78, 5) is 46.0. The summed E-state index contributed by atoms with van der Waals surface area (Å²) in [5.74, 6) is 0.0609. The second kappa shape index (κ2) is 20.2. The van der Waals surface area contributed by atoms with E-state index in [0.717, 1.165) is 84.3 Å². The molecular weight excluding hydrogens is 829 g/mol. The van der Waals surface area contributed by atoms with Crippen LogP contribution in [0.3, 0.4) is 0 Å². The lowest BCUT2D eigenvalue weighted by Crippen LogP contribution is -2.29. The Kier molecular flexibility index (Phi) is 14.5. The van der Waals surface area contributed by atoms with Gasteiger partial charge in [-0.15, -0.1) is 0 Å². The fourth-order valence-corrected chi connectivity index (χ4v) is 9.51. The van der Waals surface area contributed by atoms with E-state index >= 15 is 0 Å². The first kappa shape index (κ1) is 44.6. The first-order valence-corrected chi connectivity index (χ1v) is 22.0. The zero-order valence-electron chi connectivity index (χ0n) is 35.0. The van der Waals surface area contributed by atoms with Crippen LogP contribution in [0.2, 0.25) is 10.0 Å². The summed E-state index contributed by atoms with van der Waals surface area (Å²) in [5.41, 5.74) is 5.58. The van der Waals surface area contributed by atoms with Crippen LogP contribution in [0.5, 0.6) is 0 Å². The van der Waals surface area contributed by atoms with Crippen LogP contribution in [0, 0.1) is 35.3 Å². The molecule has 0 radical (unpaired) electrons. The fourth-order valence-electron chi connectivity index (χ4n) is 9.21. The first-order valence-electron chi connectivity index (χ1n) is 21.2. The van der Waals surface area contributed by atoms with Gasteiger partial charge in [0, 0.05) is 46.4 Å². The molecule has 2 aliphatic carbocycles. The largest absolute Gasteiger partial charge is 0.465 e. The molecule has 2 unspecified atom stereocenters. The molecule has 4 aromatic carbocycles. The van der Waals surface area contributed by atoms with Gasteiger partial charge in [0.1, 0.15) is 11.6 Å². The Morgan fingerprint density at radius 3 is 1.56 bits per heavy atom. The molecule has 62 heavy (non-hydrogen) atoms. The molecule has 2 aliphatic rings. The molecule has 2 saturated carbocycles. The highest BCUT2D eigenvalue weighted by Gasteiger charge is 2.32. The van der Waals surface area contributed by atoms with Gasteiger partial charge >= 0.3 is 5.97 Å². The topological polar surface area (TPSA) is 110 Å². The van der Waals surface area contributed by atoms with Gasteiger partial charge in [0.05, 0.1) is 33.8 Å². The smallest absolute Gasteiger partial charge is 0.337 e. The lowest BCUT2D eigenvalue weighted by atomic mass is 9.73. The van der Waals surface area contributed by atoms with Gasteiger partial charge in [-0.05, 0) is 171 Å². The fraction of sp³-hybridized carbons (Fsp3) is 0.340. The van der Waals surface area contributed by atoms with E-state index in [-0.39, 0.29) is 41.2 Å². The Bertz CT molecular complexity index is 2570. The minimum atomic E-state index is -0.434. The number of benzene rings is 4. The number of aromatic nitrogens is 2. The van der Waals surface area contributed by atoms with Crippen LogP contribution in [0.4, 0.5) is 20.2 Å². The van der Waals surface area contributed by atoms with Gasteiger partial charge in [-0.2, -0.15) is 0 Å². The van der Waals surface area contributed by atoms with E-state index in [4.69, 9.17) is 27.9 Å². The molecule has 2 fully saturated rings. The second-order valence-electron chi connectivity index (χ2n) is 16.6. The summed E-state index contributed by atoms with van der Waals surface area (Å²) in [6.45, 7) is 3.94. The Hall–Kier alpha value is -5.45. The Balaban J connectivity index is 0.000000187. The van der Waals surface area contributed by atoms with Gasteiger partial charge < -0.3 is 15.4 Å². The van der Waals surface area contributed by atoms with E-state index in [2.05, 4.69) is 20.6 Å². The molecule has 2 atom stereocenters. The quantitative estimate of drug-likeness (QED) is 0.140. The second-order valence-corrected chi connectivity index (χ2v) is 17.4. The van der Waals surface area contributed by atoms with Crippen molar-refractivity contribution in [2.45, 2.75) is 77.0 Å². The van der Waals surface area contributed by atoms with Gasteiger partial charge in [0.2, 0.25) is 11.8 Å². The van der Waals surface area contributed by atoms with Crippen LogP contribution < -0.4 is 10.6 Å². The number of hydrogen-bond donors (Lipinski definition) is 2. The lowest BCUT2D eigenvalue weighted by molar-refractivity contribution is -0.122. The molecule has 2 N–H and O–H groups in total. The highest BCUT2D eigenvalue weighted by Crippen LogP contribution is 2.42. The summed E-state index contributed by atoms with van der Waals surface area (Å²) >= 11 is 12.0. The number of esters is 1. The number of nitrogens with zero attached hydrogens (tertiary/aromatic N) is 2. The number of ether oxygens (including phenoxy) is 1.